The standard InChI is InChI=1S/C15H13ClN4O2S/c1-10-18-15(11-2-4-12(16)5-3-11)20(19-10)13-6-8-14(9-7-13)23(17,21)22/h2-9H,1H3,(H2,17,21,22). The number of primary sulfonamides is 1. The zero-order valence-electron chi connectivity index (χ0n) is 12.1. The van der Waals surface area contributed by atoms with Crippen LogP contribution in [0.2, 0.25) is 5.02 Å². The lowest BCUT2D eigenvalue weighted by Gasteiger charge is -2.07. The van der Waals surface area contributed by atoms with Gasteiger partial charge in [0, 0.05) is 10.6 Å². The molecule has 118 valence electrons. The first-order chi connectivity index (χ1) is 10.8. The molecule has 1 aromatic heterocycles. The molecule has 0 atom stereocenters. The third kappa shape index (κ3) is 3.26. The van der Waals surface area contributed by atoms with Crippen LogP contribution in [0.25, 0.3) is 17.1 Å². The maximum absolute atomic E-state index is 11.3. The van der Waals surface area contributed by atoms with Crippen LogP contribution in [0.1, 0.15) is 5.82 Å². The van der Waals surface area contributed by atoms with Gasteiger partial charge in [-0.3, -0.25) is 0 Å². The number of hydrogen-bond donors (Lipinski definition) is 1. The second kappa shape index (κ2) is 5.77. The lowest BCUT2D eigenvalue weighted by atomic mass is 10.2. The van der Waals surface area contributed by atoms with E-state index >= 15 is 0 Å². The summed E-state index contributed by atoms with van der Waals surface area (Å²) in [6.45, 7) is 1.79. The Bertz CT molecular complexity index is 948. The van der Waals surface area contributed by atoms with Crippen LogP contribution in [0.3, 0.4) is 0 Å². The smallest absolute Gasteiger partial charge is 0.225 e. The summed E-state index contributed by atoms with van der Waals surface area (Å²) in [4.78, 5) is 4.47. The molecule has 0 spiro atoms. The molecule has 0 saturated heterocycles. The van der Waals surface area contributed by atoms with Crippen molar-refractivity contribution in [1.29, 1.82) is 0 Å². The molecule has 0 aliphatic carbocycles. The van der Waals surface area contributed by atoms with E-state index in [1.165, 1.54) is 12.1 Å². The first-order valence-corrected chi connectivity index (χ1v) is 8.60. The molecule has 1 heterocycles. The number of nitrogens with two attached hydrogens (primary N) is 1. The number of benzene rings is 2. The molecule has 0 fully saturated rings. The van der Waals surface area contributed by atoms with Gasteiger partial charge in [0.1, 0.15) is 5.82 Å². The summed E-state index contributed by atoms with van der Waals surface area (Å²) in [7, 11) is -3.72. The van der Waals surface area contributed by atoms with E-state index in [0.29, 0.717) is 22.4 Å². The highest BCUT2D eigenvalue weighted by Crippen LogP contribution is 2.23. The maximum Gasteiger partial charge on any atom is 0.238 e. The van der Waals surface area contributed by atoms with Gasteiger partial charge < -0.3 is 0 Å². The van der Waals surface area contributed by atoms with Crippen molar-refractivity contribution in [2.75, 3.05) is 0 Å². The minimum atomic E-state index is -3.72. The molecule has 0 bridgehead atoms. The third-order valence-corrected chi connectivity index (χ3v) is 4.41. The summed E-state index contributed by atoms with van der Waals surface area (Å²) in [5, 5.41) is 10.1. The number of halogens is 1. The molecule has 3 rings (SSSR count). The minimum Gasteiger partial charge on any atom is -0.225 e. The summed E-state index contributed by atoms with van der Waals surface area (Å²) < 4.78 is 24.3. The van der Waals surface area contributed by atoms with Crippen molar-refractivity contribution in [1.82, 2.24) is 14.8 Å². The van der Waals surface area contributed by atoms with Crippen LogP contribution in [-0.4, -0.2) is 23.2 Å². The molecule has 0 unspecified atom stereocenters. The van der Waals surface area contributed by atoms with Gasteiger partial charge in [-0.05, 0) is 55.5 Å². The van der Waals surface area contributed by atoms with E-state index in [2.05, 4.69) is 10.1 Å². The van der Waals surface area contributed by atoms with E-state index in [0.717, 1.165) is 5.56 Å². The van der Waals surface area contributed by atoms with Gasteiger partial charge in [0.2, 0.25) is 10.0 Å². The van der Waals surface area contributed by atoms with Gasteiger partial charge in [-0.15, -0.1) is 0 Å². The quantitative estimate of drug-likeness (QED) is 0.787. The van der Waals surface area contributed by atoms with Crippen molar-refractivity contribution in [2.45, 2.75) is 11.8 Å². The zero-order chi connectivity index (χ0) is 16.6. The summed E-state index contributed by atoms with van der Waals surface area (Å²) in [6.07, 6.45) is 0. The molecule has 0 aliphatic heterocycles. The number of rotatable bonds is 3. The Morgan fingerprint density at radius 3 is 2.22 bits per heavy atom. The Labute approximate surface area is 138 Å². The van der Waals surface area contributed by atoms with Gasteiger partial charge in [-0.2, -0.15) is 5.10 Å². The first-order valence-electron chi connectivity index (χ1n) is 6.67. The summed E-state index contributed by atoms with van der Waals surface area (Å²) in [5.41, 5.74) is 1.54. The van der Waals surface area contributed by atoms with Crippen LogP contribution in [0.4, 0.5) is 0 Å². The molecule has 2 aromatic carbocycles. The van der Waals surface area contributed by atoms with E-state index < -0.39 is 10.0 Å². The predicted octanol–water partition coefficient (Wildman–Crippen LogP) is 2.54. The molecule has 6 nitrogen and oxygen atoms in total. The van der Waals surface area contributed by atoms with Crippen molar-refractivity contribution in [3.8, 4) is 17.1 Å². The summed E-state index contributed by atoms with van der Waals surface area (Å²) in [6, 6.07) is 13.4. The SMILES string of the molecule is Cc1nc(-c2ccc(Cl)cc2)n(-c2ccc(S(N)(=O)=O)cc2)n1. The van der Waals surface area contributed by atoms with Crippen LogP contribution >= 0.6 is 11.6 Å². The minimum absolute atomic E-state index is 0.0473. The first kappa shape index (κ1) is 15.7. The van der Waals surface area contributed by atoms with E-state index in [9.17, 15) is 8.42 Å². The van der Waals surface area contributed by atoms with Crippen LogP contribution < -0.4 is 5.14 Å². The summed E-state index contributed by atoms with van der Waals surface area (Å²) >= 11 is 5.91. The second-order valence-corrected chi connectivity index (χ2v) is 6.94. The largest absolute Gasteiger partial charge is 0.238 e. The monoisotopic (exact) mass is 348 g/mol. The Kier molecular flexibility index (Phi) is 3.93. The van der Waals surface area contributed by atoms with Crippen molar-refractivity contribution in [2.24, 2.45) is 5.14 Å². The molecule has 2 N–H and O–H groups in total. The number of aryl methyl sites for hydroxylation is 1. The molecule has 3 aromatic rings. The fraction of sp³-hybridized carbons (Fsp3) is 0.0667. The average molecular weight is 349 g/mol. The Morgan fingerprint density at radius 2 is 1.65 bits per heavy atom. The van der Waals surface area contributed by atoms with Gasteiger partial charge in [-0.25, -0.2) is 23.2 Å². The van der Waals surface area contributed by atoms with Gasteiger partial charge >= 0.3 is 0 Å². The van der Waals surface area contributed by atoms with Gasteiger partial charge in [0.25, 0.3) is 0 Å². The zero-order valence-corrected chi connectivity index (χ0v) is 13.7. The molecule has 0 aliphatic rings. The van der Waals surface area contributed by atoms with Crippen molar-refractivity contribution in [3.05, 3.63) is 59.4 Å². The normalized spacial score (nSPS) is 11.6. The lowest BCUT2D eigenvalue weighted by Crippen LogP contribution is -2.12. The average Bonchev–Trinajstić information content (AvgIpc) is 2.89. The van der Waals surface area contributed by atoms with E-state index in [1.54, 1.807) is 35.9 Å². The Balaban J connectivity index is 2.09. The van der Waals surface area contributed by atoms with Crippen molar-refractivity contribution in [3.63, 3.8) is 0 Å². The van der Waals surface area contributed by atoms with E-state index in [-0.39, 0.29) is 4.90 Å². The molecule has 8 heteroatoms. The molecular formula is C15H13ClN4O2S. The molecule has 0 saturated carbocycles. The maximum atomic E-state index is 11.3. The number of nitrogens with zero attached hydrogens (tertiary/aromatic N) is 3. The Morgan fingerprint density at radius 1 is 1.04 bits per heavy atom. The van der Waals surface area contributed by atoms with Crippen LogP contribution in [0.5, 0.6) is 0 Å². The van der Waals surface area contributed by atoms with E-state index in [1.807, 2.05) is 12.1 Å². The van der Waals surface area contributed by atoms with Gasteiger partial charge in [0.15, 0.2) is 5.82 Å². The fourth-order valence-corrected chi connectivity index (χ4v) is 2.80. The highest BCUT2D eigenvalue weighted by Gasteiger charge is 2.13. The lowest BCUT2D eigenvalue weighted by molar-refractivity contribution is 0.598. The summed E-state index contributed by atoms with van der Waals surface area (Å²) in [5.74, 6) is 1.24. The highest BCUT2D eigenvalue weighted by atomic mass is 35.5. The van der Waals surface area contributed by atoms with Gasteiger partial charge in [0.05, 0.1) is 10.6 Å². The number of hydrogen-bond acceptors (Lipinski definition) is 4. The fourth-order valence-electron chi connectivity index (χ4n) is 2.16. The topological polar surface area (TPSA) is 90.9 Å². The highest BCUT2D eigenvalue weighted by molar-refractivity contribution is 7.89. The third-order valence-electron chi connectivity index (χ3n) is 3.23. The predicted molar refractivity (Wildman–Crippen MR) is 87.9 cm³/mol. The molecule has 0 radical (unpaired) electrons. The van der Waals surface area contributed by atoms with Gasteiger partial charge in [-0.1, -0.05) is 11.6 Å². The van der Waals surface area contributed by atoms with Crippen molar-refractivity contribution >= 4 is 21.6 Å². The van der Waals surface area contributed by atoms with Crippen molar-refractivity contribution < 1.29 is 8.42 Å². The molecule has 0 amide bonds. The molecular weight excluding hydrogens is 336 g/mol. The Hall–Kier alpha value is -2.22. The number of sulfonamides is 1. The van der Waals surface area contributed by atoms with Crippen LogP contribution in [-0.2, 0) is 10.0 Å². The number of aromatic nitrogens is 3. The van der Waals surface area contributed by atoms with E-state index in [4.69, 9.17) is 16.7 Å². The second-order valence-electron chi connectivity index (χ2n) is 4.94. The van der Waals surface area contributed by atoms with Crippen LogP contribution in [0.15, 0.2) is 53.4 Å². The van der Waals surface area contributed by atoms with Crippen LogP contribution in [0, 0.1) is 6.92 Å². The molecule has 23 heavy (non-hydrogen) atoms.